The number of fused-ring (bicyclic) bond motifs is 8. The lowest BCUT2D eigenvalue weighted by Crippen LogP contribution is -2.23. The van der Waals surface area contributed by atoms with Gasteiger partial charge >= 0.3 is 0 Å². The van der Waals surface area contributed by atoms with Crippen LogP contribution in [0.5, 0.6) is 0 Å². The van der Waals surface area contributed by atoms with Gasteiger partial charge in [0.15, 0.2) is 11.6 Å². The van der Waals surface area contributed by atoms with E-state index in [1.165, 1.54) is 36.4 Å². The molecule has 50 heavy (non-hydrogen) atoms. The monoisotopic (exact) mass is 656 g/mol. The molecule has 6 aromatic carbocycles. The minimum Gasteiger partial charge on any atom is -0.456 e. The van der Waals surface area contributed by atoms with Gasteiger partial charge in [-0.2, -0.15) is 0 Å². The number of amides is 2. The number of nitrogen functional groups attached to an aromatic ring is 2. The fourth-order valence-electron chi connectivity index (χ4n) is 6.58. The topological polar surface area (TPSA) is 171 Å². The van der Waals surface area contributed by atoms with Crippen LogP contribution in [0.3, 0.4) is 0 Å². The van der Waals surface area contributed by atoms with E-state index in [0.717, 1.165) is 21.5 Å². The van der Waals surface area contributed by atoms with Crippen LogP contribution in [0.2, 0.25) is 0 Å². The van der Waals surface area contributed by atoms with E-state index in [2.05, 4.69) is 10.6 Å². The largest absolute Gasteiger partial charge is 0.456 e. The molecule has 8 aromatic rings. The third-order valence-electron chi connectivity index (χ3n) is 9.05. The van der Waals surface area contributed by atoms with E-state index in [0.29, 0.717) is 45.1 Å². The Hall–Kier alpha value is -7.20. The van der Waals surface area contributed by atoms with Gasteiger partial charge in [-0.3, -0.25) is 19.2 Å². The zero-order valence-electron chi connectivity index (χ0n) is 26.0. The van der Waals surface area contributed by atoms with Crippen molar-refractivity contribution in [1.82, 2.24) is 0 Å². The molecule has 0 saturated carbocycles. The molecule has 0 fully saturated rings. The van der Waals surface area contributed by atoms with Crippen molar-refractivity contribution in [2.45, 2.75) is 0 Å². The molecular formula is C40H24N4O6. The molecule has 2 heterocycles. The number of nitrogens with two attached hydrogens (primary N) is 2. The standard InChI is InChI=1S/C40H24N4O6/c41-21-3-9-25-27-11-5-23(17-35(27)49-33(25)15-21)43-39(47)19-1-7-29-31(13-19)38(46)32-14-20(2-8-30(32)37(29)45)40(48)44-24-6-12-28-26-10-4-22(42)16-34(26)50-36(28)18-24/h1-18H,41-42H2,(H,43,47)(H,44,48). The van der Waals surface area contributed by atoms with Crippen LogP contribution in [0.15, 0.2) is 118 Å². The van der Waals surface area contributed by atoms with Gasteiger partial charge in [0.2, 0.25) is 0 Å². The maximum atomic E-state index is 13.8. The van der Waals surface area contributed by atoms with E-state index in [4.69, 9.17) is 20.3 Å². The van der Waals surface area contributed by atoms with Crippen molar-refractivity contribution in [3.63, 3.8) is 0 Å². The van der Waals surface area contributed by atoms with Crippen molar-refractivity contribution >= 4 is 90.0 Å². The SMILES string of the molecule is Nc1ccc2c(c1)oc1cc(NC(=O)c3ccc4c(c3)C(=O)c3cc(C(=O)Nc5ccc6c(c5)oc5cc(N)ccc56)ccc3C4=O)ccc12. The molecule has 2 amide bonds. The van der Waals surface area contributed by atoms with E-state index in [1.54, 1.807) is 48.5 Å². The molecule has 6 N–H and O–H groups in total. The lowest BCUT2D eigenvalue weighted by Gasteiger charge is -2.19. The van der Waals surface area contributed by atoms with Crippen LogP contribution in [0, 0.1) is 0 Å². The highest BCUT2D eigenvalue weighted by Gasteiger charge is 2.31. The number of rotatable bonds is 4. The van der Waals surface area contributed by atoms with E-state index < -0.39 is 17.6 Å². The summed E-state index contributed by atoms with van der Waals surface area (Å²) in [6, 6.07) is 30.2. The Morgan fingerprint density at radius 1 is 0.440 bits per heavy atom. The first-order valence-corrected chi connectivity index (χ1v) is 15.6. The second-order valence-electron chi connectivity index (χ2n) is 12.2. The van der Waals surface area contributed by atoms with Crippen LogP contribution < -0.4 is 22.1 Å². The first-order chi connectivity index (χ1) is 24.2. The minimum atomic E-state index is -0.475. The number of ketones is 2. The van der Waals surface area contributed by atoms with Crippen LogP contribution in [0.25, 0.3) is 43.9 Å². The normalized spacial score (nSPS) is 12.4. The molecule has 9 rings (SSSR count). The highest BCUT2D eigenvalue weighted by Crippen LogP contribution is 2.34. The summed E-state index contributed by atoms with van der Waals surface area (Å²) in [5.41, 5.74) is 17.2. The predicted molar refractivity (Wildman–Crippen MR) is 192 cm³/mol. The molecule has 240 valence electrons. The predicted octanol–water partition coefficient (Wildman–Crippen LogP) is 7.93. The van der Waals surface area contributed by atoms with Gasteiger partial charge in [-0.15, -0.1) is 0 Å². The third-order valence-corrected chi connectivity index (χ3v) is 9.05. The number of hydrogen-bond donors (Lipinski definition) is 4. The van der Waals surface area contributed by atoms with E-state index in [-0.39, 0.29) is 39.2 Å². The van der Waals surface area contributed by atoms with Crippen LogP contribution >= 0.6 is 0 Å². The molecule has 0 unspecified atom stereocenters. The summed E-state index contributed by atoms with van der Waals surface area (Å²) in [5, 5.41) is 9.24. The van der Waals surface area contributed by atoms with Crippen LogP contribution in [-0.2, 0) is 0 Å². The molecule has 0 bridgehead atoms. The molecule has 0 spiro atoms. The molecule has 0 saturated heterocycles. The van der Waals surface area contributed by atoms with Crippen LogP contribution in [0.4, 0.5) is 22.7 Å². The lowest BCUT2D eigenvalue weighted by atomic mass is 9.82. The van der Waals surface area contributed by atoms with Crippen molar-refractivity contribution in [2.75, 3.05) is 22.1 Å². The fourth-order valence-corrected chi connectivity index (χ4v) is 6.58. The highest BCUT2D eigenvalue weighted by atomic mass is 16.3. The Morgan fingerprint density at radius 2 is 0.820 bits per heavy atom. The fraction of sp³-hybridized carbons (Fsp3) is 0. The summed E-state index contributed by atoms with van der Waals surface area (Å²) in [5.74, 6) is -1.79. The van der Waals surface area contributed by atoms with Gasteiger partial charge in [-0.05, 0) is 84.9 Å². The van der Waals surface area contributed by atoms with Gasteiger partial charge in [0.05, 0.1) is 0 Å². The Morgan fingerprint density at radius 3 is 1.26 bits per heavy atom. The first kappa shape index (κ1) is 29.0. The molecule has 1 aliphatic carbocycles. The van der Waals surface area contributed by atoms with Crippen molar-refractivity contribution in [3.05, 3.63) is 143 Å². The summed E-state index contributed by atoms with van der Waals surface area (Å²) >= 11 is 0. The summed E-state index contributed by atoms with van der Waals surface area (Å²) in [7, 11) is 0. The Kier molecular flexibility index (Phi) is 6.18. The number of furan rings is 2. The van der Waals surface area contributed by atoms with Crippen LogP contribution in [0.1, 0.15) is 52.6 Å². The second-order valence-corrected chi connectivity index (χ2v) is 12.2. The average molecular weight is 657 g/mol. The number of hydrogen-bond acceptors (Lipinski definition) is 8. The third kappa shape index (κ3) is 4.58. The maximum absolute atomic E-state index is 13.8. The first-order valence-electron chi connectivity index (χ1n) is 15.6. The van der Waals surface area contributed by atoms with Gasteiger partial charge in [0, 0.05) is 102 Å². The molecule has 10 heteroatoms. The average Bonchev–Trinajstić information content (AvgIpc) is 3.66. The molecule has 0 atom stereocenters. The molecule has 0 aliphatic heterocycles. The second kappa shape index (κ2) is 10.7. The van der Waals surface area contributed by atoms with Crippen molar-refractivity contribution in [2.24, 2.45) is 0 Å². The van der Waals surface area contributed by atoms with Crippen LogP contribution in [-0.4, -0.2) is 23.4 Å². The summed E-state index contributed by atoms with van der Waals surface area (Å²) in [4.78, 5) is 53.9. The Balaban J connectivity index is 0.969. The van der Waals surface area contributed by atoms with Gasteiger partial charge in [-0.1, -0.05) is 0 Å². The number of carbonyl (C=O) groups excluding carboxylic acids is 4. The number of benzene rings is 6. The molecule has 0 radical (unpaired) electrons. The Labute approximate surface area is 282 Å². The van der Waals surface area contributed by atoms with E-state index in [9.17, 15) is 19.2 Å². The highest BCUT2D eigenvalue weighted by molar-refractivity contribution is 6.29. The zero-order chi connectivity index (χ0) is 34.3. The smallest absolute Gasteiger partial charge is 0.255 e. The van der Waals surface area contributed by atoms with Crippen molar-refractivity contribution in [1.29, 1.82) is 0 Å². The summed E-state index contributed by atoms with van der Waals surface area (Å²) in [6.45, 7) is 0. The number of nitrogens with one attached hydrogen (secondary N) is 2. The van der Waals surface area contributed by atoms with E-state index >= 15 is 0 Å². The molecule has 10 nitrogen and oxygen atoms in total. The molecule has 2 aromatic heterocycles. The molecule has 1 aliphatic rings. The van der Waals surface area contributed by atoms with Gasteiger partial charge in [0.25, 0.3) is 11.8 Å². The van der Waals surface area contributed by atoms with Crippen molar-refractivity contribution in [3.8, 4) is 0 Å². The summed E-state index contributed by atoms with van der Waals surface area (Å²) < 4.78 is 11.9. The van der Waals surface area contributed by atoms with Gasteiger partial charge < -0.3 is 30.9 Å². The summed E-state index contributed by atoms with van der Waals surface area (Å²) in [6.07, 6.45) is 0. The zero-order valence-corrected chi connectivity index (χ0v) is 26.0. The number of carbonyl (C=O) groups is 4. The van der Waals surface area contributed by atoms with E-state index in [1.807, 2.05) is 24.3 Å². The number of anilines is 4. The van der Waals surface area contributed by atoms with Crippen molar-refractivity contribution < 1.29 is 28.0 Å². The minimum absolute atomic E-state index is 0.0778. The maximum Gasteiger partial charge on any atom is 0.255 e. The van der Waals surface area contributed by atoms with Gasteiger partial charge in [-0.25, -0.2) is 0 Å². The van der Waals surface area contributed by atoms with Gasteiger partial charge in [0.1, 0.15) is 22.3 Å². The Bertz CT molecular complexity index is 2640. The quantitative estimate of drug-likeness (QED) is 0.138. The lowest BCUT2D eigenvalue weighted by molar-refractivity contribution is 0.0977. The molecular weight excluding hydrogens is 632 g/mol.